The molecule has 3 aromatic rings. The van der Waals surface area contributed by atoms with Crippen molar-refractivity contribution in [3.8, 4) is 23.7 Å². The fraction of sp³-hybridized carbons (Fsp3) is 0.158. The Labute approximate surface area is 181 Å². The molecule has 2 aromatic heterocycles. The Morgan fingerprint density at radius 2 is 2.03 bits per heavy atom. The number of amides is 1. The maximum Gasteiger partial charge on any atom is 0.304 e. The van der Waals surface area contributed by atoms with Gasteiger partial charge in [0.15, 0.2) is 16.4 Å². The summed E-state index contributed by atoms with van der Waals surface area (Å²) in [6.45, 7) is 2.21. The Balaban J connectivity index is 2.04. The molecule has 10 nitrogen and oxygen atoms in total. The number of benzene rings is 1. The van der Waals surface area contributed by atoms with Gasteiger partial charge in [0, 0.05) is 11.1 Å². The summed E-state index contributed by atoms with van der Waals surface area (Å²) < 4.78 is 36.9. The lowest BCUT2D eigenvalue weighted by Crippen LogP contribution is -2.37. The molecule has 0 aliphatic heterocycles. The molecule has 0 fully saturated rings. The number of hydrogen-bond donors (Lipinski definition) is 0. The molecule has 0 aliphatic carbocycles. The minimum Gasteiger partial charge on any atom is -0.451 e. The number of sulfonamides is 1. The van der Waals surface area contributed by atoms with Crippen LogP contribution in [-0.2, 0) is 10.0 Å². The van der Waals surface area contributed by atoms with E-state index in [9.17, 15) is 23.3 Å². The number of aryl methyl sites for hydroxylation is 2. The van der Waals surface area contributed by atoms with E-state index < -0.39 is 27.4 Å². The summed E-state index contributed by atoms with van der Waals surface area (Å²) in [5, 5.41) is 15.1. The average Bonchev–Trinajstić information content (AvgIpc) is 3.32. The topological polar surface area (TPSA) is 137 Å². The molecule has 0 atom stereocenters. The van der Waals surface area contributed by atoms with E-state index in [4.69, 9.17) is 27.0 Å². The average molecular weight is 464 g/mol. The molecule has 1 amide bonds. The largest absolute Gasteiger partial charge is 0.451 e. The number of aromatic nitrogens is 1. The van der Waals surface area contributed by atoms with Gasteiger partial charge in [-0.25, -0.2) is 12.7 Å². The number of halogens is 1. The summed E-state index contributed by atoms with van der Waals surface area (Å²) in [7, 11) is -4.41. The van der Waals surface area contributed by atoms with Gasteiger partial charge in [0.05, 0.1) is 17.0 Å². The van der Waals surface area contributed by atoms with Crippen LogP contribution in [0.25, 0.3) is 11.3 Å². The molecule has 1 aromatic carbocycles. The van der Waals surface area contributed by atoms with Crippen LogP contribution in [0.4, 0.5) is 5.69 Å². The van der Waals surface area contributed by atoms with E-state index in [2.05, 4.69) is 11.1 Å². The number of rotatable bonds is 6. The van der Waals surface area contributed by atoms with Crippen LogP contribution in [0.2, 0.25) is 5.02 Å². The van der Waals surface area contributed by atoms with E-state index in [-0.39, 0.29) is 44.1 Å². The molecule has 160 valence electrons. The first-order valence-corrected chi connectivity index (χ1v) is 10.4. The number of terminal acetylenes is 1. The van der Waals surface area contributed by atoms with Crippen LogP contribution < -0.4 is 0 Å². The molecule has 0 spiro atoms. The first kappa shape index (κ1) is 22.1. The zero-order valence-corrected chi connectivity index (χ0v) is 17.7. The van der Waals surface area contributed by atoms with Gasteiger partial charge >= 0.3 is 5.91 Å². The van der Waals surface area contributed by atoms with Crippen LogP contribution in [0, 0.1) is 36.3 Å². The first-order chi connectivity index (χ1) is 14.6. The second-order valence-electron chi connectivity index (χ2n) is 6.26. The second-order valence-corrected chi connectivity index (χ2v) is 8.49. The molecular formula is C19H14ClN3O7S. The smallest absolute Gasteiger partial charge is 0.304 e. The Morgan fingerprint density at radius 1 is 1.32 bits per heavy atom. The predicted molar refractivity (Wildman–Crippen MR) is 109 cm³/mol. The summed E-state index contributed by atoms with van der Waals surface area (Å²) in [6, 6.07) is 6.41. The number of nitro groups is 1. The molecule has 31 heavy (non-hydrogen) atoms. The molecule has 12 heteroatoms. The third-order valence-corrected chi connectivity index (χ3v) is 6.43. The third kappa shape index (κ3) is 4.03. The van der Waals surface area contributed by atoms with Crippen LogP contribution >= 0.6 is 11.6 Å². The van der Waals surface area contributed by atoms with Gasteiger partial charge in [-0.1, -0.05) is 22.7 Å². The monoisotopic (exact) mass is 463 g/mol. The van der Waals surface area contributed by atoms with Crippen LogP contribution in [0.1, 0.15) is 22.0 Å². The number of nitrogens with zero attached hydrogens (tertiary/aromatic N) is 3. The van der Waals surface area contributed by atoms with E-state index >= 15 is 0 Å². The number of hydrogen-bond acceptors (Lipinski definition) is 8. The summed E-state index contributed by atoms with van der Waals surface area (Å²) >= 11 is 5.81. The maximum absolute atomic E-state index is 13.1. The van der Waals surface area contributed by atoms with Gasteiger partial charge in [-0.2, -0.15) is 0 Å². The molecular weight excluding hydrogens is 450 g/mol. The minimum absolute atomic E-state index is 0.00996. The lowest BCUT2D eigenvalue weighted by molar-refractivity contribution is -0.384. The van der Waals surface area contributed by atoms with Crippen molar-refractivity contribution in [1.29, 1.82) is 0 Å². The quantitative estimate of drug-likeness (QED) is 0.307. The molecule has 0 unspecified atom stereocenters. The zero-order chi connectivity index (χ0) is 22.9. The van der Waals surface area contributed by atoms with Crippen molar-refractivity contribution in [2.45, 2.75) is 18.7 Å². The number of nitro benzene ring substituents is 1. The predicted octanol–water partition coefficient (Wildman–Crippen LogP) is 3.58. The van der Waals surface area contributed by atoms with E-state index in [1.54, 1.807) is 0 Å². The Bertz CT molecular complexity index is 1320. The standard InChI is InChI=1S/C19H14ClN3O7S/c1-4-9-22(31(27,28)18-11(2)21-30-12(18)3)19(24)17-8-7-16(29-17)14-6-5-13(20)10-15(14)23(25)26/h1,5-8,10H,9H2,2-3H3. The van der Waals surface area contributed by atoms with Crippen LogP contribution in [-0.4, -0.2) is 35.3 Å². The lowest BCUT2D eigenvalue weighted by atomic mass is 10.1. The van der Waals surface area contributed by atoms with Crippen LogP contribution in [0.5, 0.6) is 0 Å². The Kier molecular flexibility index (Phi) is 5.88. The van der Waals surface area contributed by atoms with Gasteiger partial charge in [0.1, 0.15) is 11.5 Å². The second kappa shape index (κ2) is 8.25. The summed E-state index contributed by atoms with van der Waals surface area (Å²) in [6.07, 6.45) is 5.27. The molecule has 3 rings (SSSR count). The third-order valence-electron chi connectivity index (χ3n) is 4.22. The minimum atomic E-state index is -4.41. The van der Waals surface area contributed by atoms with Crippen molar-refractivity contribution in [1.82, 2.24) is 9.46 Å². The molecule has 0 aliphatic rings. The first-order valence-electron chi connectivity index (χ1n) is 8.55. The highest BCUT2D eigenvalue weighted by Gasteiger charge is 2.36. The highest BCUT2D eigenvalue weighted by atomic mass is 35.5. The SMILES string of the molecule is C#CCN(C(=O)c1ccc(-c2ccc(Cl)cc2[N+](=O)[O-])o1)S(=O)(=O)c1c(C)noc1C. The number of carbonyl (C=O) groups is 1. The van der Waals surface area contributed by atoms with Gasteiger partial charge in [0.25, 0.3) is 15.7 Å². The highest BCUT2D eigenvalue weighted by Crippen LogP contribution is 2.34. The van der Waals surface area contributed by atoms with Gasteiger partial charge < -0.3 is 8.94 Å². The van der Waals surface area contributed by atoms with Crippen molar-refractivity contribution in [3.05, 3.63) is 62.7 Å². The summed E-state index contributed by atoms with van der Waals surface area (Å²) in [5.74, 6) is 0.648. The van der Waals surface area contributed by atoms with E-state index in [0.29, 0.717) is 4.31 Å². The molecule has 0 saturated heterocycles. The molecule has 2 heterocycles. The van der Waals surface area contributed by atoms with Crippen molar-refractivity contribution < 1.29 is 27.1 Å². The van der Waals surface area contributed by atoms with Crippen molar-refractivity contribution in [2.24, 2.45) is 0 Å². The van der Waals surface area contributed by atoms with Gasteiger partial charge in [0.2, 0.25) is 0 Å². The number of furan rings is 1. The maximum atomic E-state index is 13.1. The summed E-state index contributed by atoms with van der Waals surface area (Å²) in [5.41, 5.74) is -0.223. The fourth-order valence-corrected chi connectivity index (χ4v) is 4.64. The normalized spacial score (nSPS) is 11.2. The molecule has 0 N–H and O–H groups in total. The van der Waals surface area contributed by atoms with Crippen LogP contribution in [0.15, 0.2) is 44.2 Å². The van der Waals surface area contributed by atoms with Gasteiger partial charge in [-0.15, -0.1) is 6.42 Å². The highest BCUT2D eigenvalue weighted by molar-refractivity contribution is 7.89. The molecule has 0 radical (unpaired) electrons. The Morgan fingerprint density at radius 3 is 2.61 bits per heavy atom. The van der Waals surface area contributed by atoms with Crippen molar-refractivity contribution >= 4 is 33.2 Å². The van der Waals surface area contributed by atoms with Crippen molar-refractivity contribution in [2.75, 3.05) is 6.54 Å². The Hall–Kier alpha value is -3.62. The zero-order valence-electron chi connectivity index (χ0n) is 16.2. The van der Waals surface area contributed by atoms with E-state index in [1.165, 1.54) is 38.1 Å². The summed E-state index contributed by atoms with van der Waals surface area (Å²) in [4.78, 5) is 23.4. The lowest BCUT2D eigenvalue weighted by Gasteiger charge is -2.18. The number of carbonyl (C=O) groups excluding carboxylic acids is 1. The fourth-order valence-electron chi connectivity index (χ4n) is 2.89. The van der Waals surface area contributed by atoms with Gasteiger partial charge in [-0.05, 0) is 38.1 Å². The van der Waals surface area contributed by atoms with Crippen LogP contribution in [0.3, 0.4) is 0 Å². The van der Waals surface area contributed by atoms with Gasteiger partial charge in [-0.3, -0.25) is 14.9 Å². The van der Waals surface area contributed by atoms with E-state index in [1.807, 2.05) is 0 Å². The van der Waals surface area contributed by atoms with E-state index in [0.717, 1.165) is 6.07 Å². The van der Waals surface area contributed by atoms with Crippen molar-refractivity contribution in [3.63, 3.8) is 0 Å². The molecule has 0 saturated carbocycles. The molecule has 0 bridgehead atoms.